The third-order valence-electron chi connectivity index (χ3n) is 6.05. The number of hydrogen-bond donors (Lipinski definition) is 1. The molecule has 0 saturated carbocycles. The van der Waals surface area contributed by atoms with Crippen LogP contribution in [0.5, 0.6) is 11.5 Å². The predicted molar refractivity (Wildman–Crippen MR) is 126 cm³/mol. The molecule has 0 spiro atoms. The summed E-state index contributed by atoms with van der Waals surface area (Å²) in [5.41, 5.74) is 0.889. The number of hydrogen-bond acceptors (Lipinski definition) is 8. The van der Waals surface area contributed by atoms with E-state index in [-0.39, 0.29) is 23.7 Å². The van der Waals surface area contributed by atoms with Gasteiger partial charge in [-0.15, -0.1) is 0 Å². The van der Waals surface area contributed by atoms with Gasteiger partial charge in [-0.25, -0.2) is 4.79 Å². The van der Waals surface area contributed by atoms with Crippen LogP contribution in [0.4, 0.5) is 0 Å². The van der Waals surface area contributed by atoms with E-state index in [4.69, 9.17) is 28.4 Å². The number of unbranched alkanes of at least 4 members (excludes halogenated alkanes) is 2. The first-order chi connectivity index (χ1) is 16.6. The van der Waals surface area contributed by atoms with Crippen molar-refractivity contribution in [3.8, 4) is 11.5 Å². The molecule has 2 saturated heterocycles. The van der Waals surface area contributed by atoms with E-state index in [1.165, 1.54) is 6.07 Å². The van der Waals surface area contributed by atoms with Gasteiger partial charge in [-0.05, 0) is 76.8 Å². The smallest absolute Gasteiger partial charge is 0.338 e. The third kappa shape index (κ3) is 9.41. The van der Waals surface area contributed by atoms with Crippen molar-refractivity contribution < 1.29 is 38.3 Å². The van der Waals surface area contributed by atoms with Crippen LogP contribution in [0.2, 0.25) is 0 Å². The van der Waals surface area contributed by atoms with Crippen LogP contribution in [-0.2, 0) is 23.7 Å². The van der Waals surface area contributed by atoms with Gasteiger partial charge < -0.3 is 33.5 Å². The SMILES string of the molecule is Cc1c(O)cc(C(=O)OCCCCOC2CCCCO2)cc1OCCCCOC1CCCOC1. The number of carbonyl (C=O) groups is 1. The number of esters is 1. The van der Waals surface area contributed by atoms with Gasteiger partial charge in [-0.2, -0.15) is 0 Å². The van der Waals surface area contributed by atoms with E-state index >= 15 is 0 Å². The minimum Gasteiger partial charge on any atom is -0.508 e. The Hall–Kier alpha value is -1.87. The molecule has 34 heavy (non-hydrogen) atoms. The summed E-state index contributed by atoms with van der Waals surface area (Å²) < 4.78 is 33.7. The van der Waals surface area contributed by atoms with Gasteiger partial charge in [-0.3, -0.25) is 0 Å². The lowest BCUT2D eigenvalue weighted by atomic mass is 10.1. The maximum Gasteiger partial charge on any atom is 0.338 e. The maximum atomic E-state index is 12.4. The molecule has 2 atom stereocenters. The molecule has 0 aromatic heterocycles. The lowest BCUT2D eigenvalue weighted by Crippen LogP contribution is -2.25. The van der Waals surface area contributed by atoms with Crippen molar-refractivity contribution in [3.05, 3.63) is 23.3 Å². The van der Waals surface area contributed by atoms with E-state index in [0.29, 0.717) is 50.8 Å². The fourth-order valence-corrected chi connectivity index (χ4v) is 3.93. The summed E-state index contributed by atoms with van der Waals surface area (Å²) in [5.74, 6) is 0.0418. The molecule has 0 aliphatic carbocycles. The second kappa shape index (κ2) is 15.2. The van der Waals surface area contributed by atoms with Crippen molar-refractivity contribution in [1.29, 1.82) is 0 Å². The Bertz CT molecular complexity index is 726. The Kier molecular flexibility index (Phi) is 11.9. The van der Waals surface area contributed by atoms with Crippen molar-refractivity contribution in [2.45, 2.75) is 77.1 Å². The average Bonchev–Trinajstić information content (AvgIpc) is 2.86. The number of benzene rings is 1. The molecule has 8 nitrogen and oxygen atoms in total. The summed E-state index contributed by atoms with van der Waals surface area (Å²) in [4.78, 5) is 12.4. The number of phenols is 1. The van der Waals surface area contributed by atoms with Crippen LogP contribution in [-0.4, -0.2) is 69.7 Å². The third-order valence-corrected chi connectivity index (χ3v) is 6.05. The molecule has 0 amide bonds. The number of ether oxygens (including phenoxy) is 6. The molecule has 3 rings (SSSR count). The molecule has 1 N–H and O–H groups in total. The number of aromatic hydroxyl groups is 1. The van der Waals surface area contributed by atoms with Gasteiger partial charge >= 0.3 is 5.97 Å². The minimum absolute atomic E-state index is 0.0194. The Labute approximate surface area is 202 Å². The molecule has 2 unspecified atom stereocenters. The highest BCUT2D eigenvalue weighted by atomic mass is 16.7. The van der Waals surface area contributed by atoms with Crippen LogP contribution in [0.3, 0.4) is 0 Å². The lowest BCUT2D eigenvalue weighted by Gasteiger charge is -2.22. The minimum atomic E-state index is -0.472. The van der Waals surface area contributed by atoms with E-state index in [2.05, 4.69) is 0 Å². The zero-order valence-electron chi connectivity index (χ0n) is 20.4. The van der Waals surface area contributed by atoms with E-state index < -0.39 is 5.97 Å². The van der Waals surface area contributed by atoms with Crippen molar-refractivity contribution in [3.63, 3.8) is 0 Å². The van der Waals surface area contributed by atoms with Crippen LogP contribution in [0, 0.1) is 6.92 Å². The molecule has 1 aromatic carbocycles. The molecule has 192 valence electrons. The summed E-state index contributed by atoms with van der Waals surface area (Å²) >= 11 is 0. The first kappa shape index (κ1) is 26.7. The second-order valence-electron chi connectivity index (χ2n) is 8.89. The van der Waals surface area contributed by atoms with Gasteiger partial charge in [0.25, 0.3) is 0 Å². The highest BCUT2D eigenvalue weighted by Gasteiger charge is 2.16. The monoisotopic (exact) mass is 480 g/mol. The van der Waals surface area contributed by atoms with Crippen LogP contribution in [0.1, 0.15) is 73.7 Å². The fraction of sp³-hybridized carbons (Fsp3) is 0.731. The molecule has 8 heteroatoms. The van der Waals surface area contributed by atoms with Crippen LogP contribution in [0.15, 0.2) is 12.1 Å². The summed E-state index contributed by atoms with van der Waals surface area (Å²) in [6, 6.07) is 3.06. The Morgan fingerprint density at radius 1 is 0.971 bits per heavy atom. The van der Waals surface area contributed by atoms with E-state index in [9.17, 15) is 9.90 Å². The molecular weight excluding hydrogens is 440 g/mol. The van der Waals surface area contributed by atoms with Crippen molar-refractivity contribution in [1.82, 2.24) is 0 Å². The van der Waals surface area contributed by atoms with Crippen molar-refractivity contribution >= 4 is 5.97 Å². The van der Waals surface area contributed by atoms with E-state index in [1.807, 2.05) is 0 Å². The molecule has 0 bridgehead atoms. The zero-order chi connectivity index (χ0) is 24.0. The fourth-order valence-electron chi connectivity index (χ4n) is 3.93. The summed E-state index contributed by atoms with van der Waals surface area (Å²) in [5, 5.41) is 10.2. The Morgan fingerprint density at radius 3 is 2.53 bits per heavy atom. The molecule has 2 aliphatic rings. The number of carbonyl (C=O) groups excluding carboxylic acids is 1. The van der Waals surface area contributed by atoms with Crippen molar-refractivity contribution in [2.24, 2.45) is 0 Å². The first-order valence-electron chi connectivity index (χ1n) is 12.7. The first-order valence-corrected chi connectivity index (χ1v) is 12.7. The molecule has 2 heterocycles. The lowest BCUT2D eigenvalue weighted by molar-refractivity contribution is -0.163. The average molecular weight is 481 g/mol. The topological polar surface area (TPSA) is 92.7 Å². The summed E-state index contributed by atoms with van der Waals surface area (Å²) in [6.45, 7) is 6.08. The van der Waals surface area contributed by atoms with E-state index in [0.717, 1.165) is 64.6 Å². The molecule has 0 radical (unpaired) electrons. The van der Waals surface area contributed by atoms with Gasteiger partial charge in [-0.1, -0.05) is 0 Å². The molecular formula is C26H40O8. The second-order valence-corrected chi connectivity index (χ2v) is 8.89. The van der Waals surface area contributed by atoms with Gasteiger partial charge in [0.2, 0.25) is 0 Å². The highest BCUT2D eigenvalue weighted by Crippen LogP contribution is 2.29. The van der Waals surface area contributed by atoms with E-state index in [1.54, 1.807) is 13.0 Å². The molecule has 1 aromatic rings. The van der Waals surface area contributed by atoms with Gasteiger partial charge in [0.15, 0.2) is 6.29 Å². The van der Waals surface area contributed by atoms with Gasteiger partial charge in [0.05, 0.1) is 31.5 Å². The quantitative estimate of drug-likeness (QED) is 0.307. The predicted octanol–water partition coefficient (Wildman–Crippen LogP) is 4.54. The van der Waals surface area contributed by atoms with Gasteiger partial charge in [0.1, 0.15) is 11.5 Å². The standard InChI is InChI=1S/C26H40O8/c1-20-23(27)17-21(26(28)34-16-7-6-15-33-25-10-2-3-14-32-25)18-24(20)31-13-5-4-12-30-22-9-8-11-29-19-22/h17-18,22,25,27H,2-16,19H2,1H3. The summed E-state index contributed by atoms with van der Waals surface area (Å²) in [6.07, 6.45) is 8.59. The largest absolute Gasteiger partial charge is 0.508 e. The number of rotatable bonds is 14. The maximum absolute atomic E-state index is 12.4. The highest BCUT2D eigenvalue weighted by molar-refractivity contribution is 5.90. The van der Waals surface area contributed by atoms with Gasteiger partial charge in [0, 0.05) is 32.0 Å². The Balaban J connectivity index is 1.31. The summed E-state index contributed by atoms with van der Waals surface area (Å²) in [7, 11) is 0. The van der Waals surface area contributed by atoms with Crippen molar-refractivity contribution in [2.75, 3.05) is 46.2 Å². The van der Waals surface area contributed by atoms with Crippen LogP contribution < -0.4 is 4.74 Å². The molecule has 2 aliphatic heterocycles. The van der Waals surface area contributed by atoms with Crippen LogP contribution >= 0.6 is 0 Å². The Morgan fingerprint density at radius 2 is 1.76 bits per heavy atom. The normalized spacial score (nSPS) is 20.7. The van der Waals surface area contributed by atoms with Crippen LogP contribution in [0.25, 0.3) is 0 Å². The number of phenolic OH excluding ortho intramolecular Hbond substituents is 1. The zero-order valence-corrected chi connectivity index (χ0v) is 20.4. The molecule has 2 fully saturated rings.